The van der Waals surface area contributed by atoms with Gasteiger partial charge in [0, 0.05) is 11.8 Å². The normalized spacial score (nSPS) is 10.1. The highest BCUT2D eigenvalue weighted by molar-refractivity contribution is 6.10. The SMILES string of the molecule is COC(=O)c1ccc(OCC(=O)Nc2ccccc2C(=O)Nc2ccccc2)c([N+](=O)[O-])c1. The van der Waals surface area contributed by atoms with Gasteiger partial charge in [-0.25, -0.2) is 4.79 Å². The summed E-state index contributed by atoms with van der Waals surface area (Å²) < 4.78 is 9.83. The Balaban J connectivity index is 1.69. The van der Waals surface area contributed by atoms with Crippen molar-refractivity contribution < 1.29 is 28.8 Å². The Kier molecular flexibility index (Phi) is 7.32. The van der Waals surface area contributed by atoms with Crippen molar-refractivity contribution >= 4 is 34.8 Å². The zero-order valence-electron chi connectivity index (χ0n) is 17.4. The Morgan fingerprint density at radius 3 is 2.33 bits per heavy atom. The van der Waals surface area contributed by atoms with Crippen molar-refractivity contribution in [3.05, 3.63) is 94.0 Å². The van der Waals surface area contributed by atoms with Gasteiger partial charge in [-0.2, -0.15) is 0 Å². The highest BCUT2D eigenvalue weighted by Gasteiger charge is 2.20. The summed E-state index contributed by atoms with van der Waals surface area (Å²) in [4.78, 5) is 47.2. The maximum atomic E-state index is 12.6. The monoisotopic (exact) mass is 449 g/mol. The number of methoxy groups -OCH3 is 1. The molecule has 0 aliphatic rings. The third-order valence-corrected chi connectivity index (χ3v) is 4.41. The van der Waals surface area contributed by atoms with Crippen LogP contribution in [0, 0.1) is 10.1 Å². The molecule has 0 saturated carbocycles. The van der Waals surface area contributed by atoms with E-state index in [0.29, 0.717) is 5.69 Å². The Bertz CT molecular complexity index is 1200. The number of esters is 1. The predicted octanol–water partition coefficient (Wildman–Crippen LogP) is 3.65. The first-order chi connectivity index (χ1) is 15.9. The molecule has 0 aliphatic heterocycles. The zero-order valence-corrected chi connectivity index (χ0v) is 17.4. The van der Waals surface area contributed by atoms with Crippen LogP contribution in [-0.4, -0.2) is 36.4 Å². The molecule has 3 rings (SSSR count). The van der Waals surface area contributed by atoms with Crippen LogP contribution in [-0.2, 0) is 9.53 Å². The van der Waals surface area contributed by atoms with Gasteiger partial charge in [-0.05, 0) is 36.4 Å². The van der Waals surface area contributed by atoms with Gasteiger partial charge in [0.25, 0.3) is 11.8 Å². The third-order valence-electron chi connectivity index (χ3n) is 4.41. The van der Waals surface area contributed by atoms with Gasteiger partial charge in [-0.1, -0.05) is 30.3 Å². The van der Waals surface area contributed by atoms with Gasteiger partial charge in [-0.3, -0.25) is 19.7 Å². The number of hydrogen-bond acceptors (Lipinski definition) is 7. The van der Waals surface area contributed by atoms with Crippen LogP contribution in [0.1, 0.15) is 20.7 Å². The fourth-order valence-electron chi connectivity index (χ4n) is 2.87. The van der Waals surface area contributed by atoms with E-state index in [2.05, 4.69) is 15.4 Å². The maximum Gasteiger partial charge on any atom is 0.338 e. The van der Waals surface area contributed by atoms with Crippen LogP contribution in [0.15, 0.2) is 72.8 Å². The second-order valence-corrected chi connectivity index (χ2v) is 6.63. The molecule has 0 aromatic heterocycles. The number of anilines is 2. The smallest absolute Gasteiger partial charge is 0.338 e. The van der Waals surface area contributed by atoms with Crippen molar-refractivity contribution in [2.45, 2.75) is 0 Å². The average Bonchev–Trinajstić information content (AvgIpc) is 2.83. The molecule has 0 bridgehead atoms. The number of carbonyl (C=O) groups is 3. The molecule has 0 radical (unpaired) electrons. The summed E-state index contributed by atoms with van der Waals surface area (Å²) in [5, 5.41) is 16.6. The zero-order chi connectivity index (χ0) is 23.8. The van der Waals surface area contributed by atoms with Crippen molar-refractivity contribution in [2.24, 2.45) is 0 Å². The Labute approximate surface area is 188 Å². The molecule has 0 spiro atoms. The summed E-state index contributed by atoms with van der Waals surface area (Å²) in [5.74, 6) is -2.00. The summed E-state index contributed by atoms with van der Waals surface area (Å²) in [5.41, 5.74) is 0.542. The average molecular weight is 449 g/mol. The van der Waals surface area contributed by atoms with E-state index in [1.54, 1.807) is 48.5 Å². The summed E-state index contributed by atoms with van der Waals surface area (Å²) in [6, 6.07) is 18.7. The molecule has 2 N–H and O–H groups in total. The molecule has 10 heteroatoms. The summed E-state index contributed by atoms with van der Waals surface area (Å²) >= 11 is 0. The van der Waals surface area contributed by atoms with Gasteiger partial charge in [0.05, 0.1) is 28.8 Å². The highest BCUT2D eigenvalue weighted by atomic mass is 16.6. The fraction of sp³-hybridized carbons (Fsp3) is 0.0870. The molecule has 0 heterocycles. The van der Waals surface area contributed by atoms with Gasteiger partial charge in [0.1, 0.15) is 0 Å². The largest absolute Gasteiger partial charge is 0.477 e. The van der Waals surface area contributed by atoms with E-state index in [-0.39, 0.29) is 22.6 Å². The second kappa shape index (κ2) is 10.5. The number of nitrogens with one attached hydrogen (secondary N) is 2. The minimum Gasteiger partial charge on any atom is -0.477 e. The van der Waals surface area contributed by atoms with Crippen LogP contribution in [0.5, 0.6) is 5.75 Å². The second-order valence-electron chi connectivity index (χ2n) is 6.63. The Morgan fingerprint density at radius 2 is 1.64 bits per heavy atom. The van der Waals surface area contributed by atoms with Crippen LogP contribution < -0.4 is 15.4 Å². The lowest BCUT2D eigenvalue weighted by Crippen LogP contribution is -2.23. The number of hydrogen-bond donors (Lipinski definition) is 2. The van der Waals surface area contributed by atoms with Gasteiger partial charge >= 0.3 is 11.7 Å². The van der Waals surface area contributed by atoms with E-state index in [4.69, 9.17) is 4.74 Å². The maximum absolute atomic E-state index is 12.6. The molecule has 3 aromatic carbocycles. The van der Waals surface area contributed by atoms with E-state index in [0.717, 1.165) is 13.2 Å². The number of nitro groups is 1. The lowest BCUT2D eigenvalue weighted by Gasteiger charge is -2.12. The van der Waals surface area contributed by atoms with Crippen LogP contribution in [0.4, 0.5) is 17.1 Å². The number of nitro benzene ring substituents is 1. The van der Waals surface area contributed by atoms with E-state index in [1.165, 1.54) is 12.1 Å². The van der Waals surface area contributed by atoms with Crippen molar-refractivity contribution in [3.8, 4) is 5.75 Å². The fourth-order valence-corrected chi connectivity index (χ4v) is 2.87. The Hall–Kier alpha value is -4.73. The van der Waals surface area contributed by atoms with E-state index in [1.807, 2.05) is 6.07 Å². The van der Waals surface area contributed by atoms with Gasteiger partial charge < -0.3 is 20.1 Å². The van der Waals surface area contributed by atoms with Crippen molar-refractivity contribution in [1.29, 1.82) is 0 Å². The van der Waals surface area contributed by atoms with Crippen LogP contribution in [0.2, 0.25) is 0 Å². The summed E-state index contributed by atoms with van der Waals surface area (Å²) in [6.07, 6.45) is 0. The van der Waals surface area contributed by atoms with Gasteiger partial charge in [0.2, 0.25) is 0 Å². The minimum absolute atomic E-state index is 0.0284. The lowest BCUT2D eigenvalue weighted by atomic mass is 10.1. The molecule has 10 nitrogen and oxygen atoms in total. The summed E-state index contributed by atoms with van der Waals surface area (Å²) in [7, 11) is 1.15. The molecule has 0 saturated heterocycles. The molecule has 33 heavy (non-hydrogen) atoms. The summed E-state index contributed by atoms with van der Waals surface area (Å²) in [6.45, 7) is -0.562. The number of nitrogens with zero attached hydrogens (tertiary/aromatic N) is 1. The predicted molar refractivity (Wildman–Crippen MR) is 119 cm³/mol. The molecule has 0 atom stereocenters. The van der Waals surface area contributed by atoms with Crippen molar-refractivity contribution in [1.82, 2.24) is 0 Å². The number of para-hydroxylation sites is 2. The number of rotatable bonds is 8. The van der Waals surface area contributed by atoms with Crippen LogP contribution >= 0.6 is 0 Å². The van der Waals surface area contributed by atoms with Crippen molar-refractivity contribution in [2.75, 3.05) is 24.4 Å². The minimum atomic E-state index is -0.743. The van der Waals surface area contributed by atoms with Gasteiger partial charge in [0.15, 0.2) is 12.4 Å². The molecular formula is C23H19N3O7. The first kappa shape index (κ1) is 22.9. The molecule has 3 aromatic rings. The van der Waals surface area contributed by atoms with Gasteiger partial charge in [-0.15, -0.1) is 0 Å². The number of carbonyl (C=O) groups excluding carboxylic acids is 3. The molecule has 2 amide bonds. The van der Waals surface area contributed by atoms with E-state index >= 15 is 0 Å². The topological polar surface area (TPSA) is 137 Å². The standard InChI is InChI=1S/C23H19N3O7/c1-32-23(29)15-11-12-20(19(13-15)26(30)31)33-14-21(27)25-18-10-6-5-9-17(18)22(28)24-16-7-3-2-4-8-16/h2-13H,14H2,1H3,(H,24,28)(H,25,27). The first-order valence-corrected chi connectivity index (χ1v) is 9.64. The highest BCUT2D eigenvalue weighted by Crippen LogP contribution is 2.28. The molecule has 0 fully saturated rings. The third kappa shape index (κ3) is 5.91. The van der Waals surface area contributed by atoms with Crippen LogP contribution in [0.25, 0.3) is 0 Å². The number of ether oxygens (including phenoxy) is 2. The lowest BCUT2D eigenvalue weighted by molar-refractivity contribution is -0.385. The van der Waals surface area contributed by atoms with Crippen LogP contribution in [0.3, 0.4) is 0 Å². The number of amides is 2. The van der Waals surface area contributed by atoms with E-state index < -0.39 is 35.0 Å². The molecule has 168 valence electrons. The first-order valence-electron chi connectivity index (χ1n) is 9.64. The molecule has 0 unspecified atom stereocenters. The molecule has 0 aliphatic carbocycles. The van der Waals surface area contributed by atoms with E-state index in [9.17, 15) is 24.5 Å². The quantitative estimate of drug-likeness (QED) is 0.304. The molecular weight excluding hydrogens is 430 g/mol. The number of benzene rings is 3. The van der Waals surface area contributed by atoms with Crippen molar-refractivity contribution in [3.63, 3.8) is 0 Å². The Morgan fingerprint density at radius 1 is 0.939 bits per heavy atom.